The van der Waals surface area contributed by atoms with E-state index in [1.165, 1.54) is 30.3 Å². The lowest BCUT2D eigenvalue weighted by atomic mass is 10.2. The molecule has 0 aliphatic heterocycles. The van der Waals surface area contributed by atoms with Gasteiger partial charge in [0.2, 0.25) is 11.7 Å². The van der Waals surface area contributed by atoms with Crippen LogP contribution in [-0.2, 0) is 14.3 Å². The first-order valence-corrected chi connectivity index (χ1v) is 7.99. The second-order valence-corrected chi connectivity index (χ2v) is 5.56. The van der Waals surface area contributed by atoms with Crippen LogP contribution in [0.5, 0.6) is 0 Å². The average Bonchev–Trinajstić information content (AvgIpc) is 3.10. The molecule has 3 rings (SSSR count). The van der Waals surface area contributed by atoms with Gasteiger partial charge in [0.25, 0.3) is 5.91 Å². The number of rotatable bonds is 6. The number of fused-ring (bicyclic) bond motifs is 1. The quantitative estimate of drug-likeness (QED) is 0.650. The van der Waals surface area contributed by atoms with E-state index in [1.54, 1.807) is 24.3 Å². The summed E-state index contributed by atoms with van der Waals surface area (Å²) >= 11 is 0. The molecule has 1 aromatic heterocycles. The maximum atomic E-state index is 12.8. The number of benzene rings is 2. The minimum atomic E-state index is -0.780. The Morgan fingerprint density at radius 3 is 2.48 bits per heavy atom. The first kappa shape index (κ1) is 18.1. The second kappa shape index (κ2) is 8.13. The lowest BCUT2D eigenvalue weighted by Crippen LogP contribution is -2.35. The summed E-state index contributed by atoms with van der Waals surface area (Å²) in [5.41, 5.74) is 0.929. The number of hydrogen-bond donors (Lipinski definition) is 2. The normalized spacial score (nSPS) is 10.4. The summed E-state index contributed by atoms with van der Waals surface area (Å²) in [5.74, 6) is -2.37. The SMILES string of the molecule is O=C(COC(=O)c1cc2ccccc2o1)NCC(=O)Nc1ccc(F)cc1. The number of para-hydroxylation sites is 1. The predicted molar refractivity (Wildman–Crippen MR) is 94.5 cm³/mol. The number of amides is 2. The molecule has 2 N–H and O–H groups in total. The molecule has 0 radical (unpaired) electrons. The van der Waals surface area contributed by atoms with Crippen molar-refractivity contribution in [1.29, 1.82) is 0 Å². The average molecular weight is 370 g/mol. The molecule has 0 spiro atoms. The summed E-state index contributed by atoms with van der Waals surface area (Å²) in [5, 5.41) is 5.54. The molecule has 27 heavy (non-hydrogen) atoms. The molecular weight excluding hydrogens is 355 g/mol. The zero-order valence-electron chi connectivity index (χ0n) is 14.0. The van der Waals surface area contributed by atoms with Crippen molar-refractivity contribution in [3.63, 3.8) is 0 Å². The summed E-state index contributed by atoms with van der Waals surface area (Å²) in [7, 11) is 0. The van der Waals surface area contributed by atoms with Crippen LogP contribution in [0.25, 0.3) is 11.0 Å². The molecule has 1 heterocycles. The minimum Gasteiger partial charge on any atom is -0.450 e. The summed E-state index contributed by atoms with van der Waals surface area (Å²) in [6.07, 6.45) is 0. The lowest BCUT2D eigenvalue weighted by Gasteiger charge is -2.07. The fraction of sp³-hybridized carbons (Fsp3) is 0.105. The van der Waals surface area contributed by atoms with Gasteiger partial charge in [-0.25, -0.2) is 9.18 Å². The maximum Gasteiger partial charge on any atom is 0.374 e. The molecule has 7 nitrogen and oxygen atoms in total. The van der Waals surface area contributed by atoms with Crippen LogP contribution < -0.4 is 10.6 Å². The van der Waals surface area contributed by atoms with Crippen molar-refractivity contribution in [2.45, 2.75) is 0 Å². The molecule has 0 aliphatic carbocycles. The number of furan rings is 1. The Morgan fingerprint density at radius 1 is 1.00 bits per heavy atom. The van der Waals surface area contributed by atoms with Crippen molar-refractivity contribution in [2.24, 2.45) is 0 Å². The molecule has 0 bridgehead atoms. The highest BCUT2D eigenvalue weighted by molar-refractivity contribution is 5.96. The standard InChI is InChI=1S/C19H15FN2O5/c20-13-5-7-14(8-6-13)22-17(23)10-21-18(24)11-26-19(25)16-9-12-3-1-2-4-15(12)27-16/h1-9H,10-11H2,(H,21,24)(H,22,23). The van der Waals surface area contributed by atoms with Gasteiger partial charge in [-0.15, -0.1) is 0 Å². The number of hydrogen-bond acceptors (Lipinski definition) is 5. The third-order valence-corrected chi connectivity index (χ3v) is 3.54. The molecule has 0 saturated heterocycles. The van der Waals surface area contributed by atoms with Crippen molar-refractivity contribution >= 4 is 34.4 Å². The number of halogens is 1. The van der Waals surface area contributed by atoms with Crippen LogP contribution in [-0.4, -0.2) is 30.9 Å². The third kappa shape index (κ3) is 4.91. The Bertz CT molecular complexity index is 948. The first-order chi connectivity index (χ1) is 13.0. The number of carbonyl (C=O) groups is 3. The molecule has 2 aromatic carbocycles. The molecule has 0 unspecified atom stereocenters. The maximum absolute atomic E-state index is 12.8. The Labute approximate surface area is 153 Å². The van der Waals surface area contributed by atoms with Crippen molar-refractivity contribution in [1.82, 2.24) is 5.32 Å². The molecule has 2 amide bonds. The highest BCUT2D eigenvalue weighted by Crippen LogP contribution is 2.19. The monoisotopic (exact) mass is 370 g/mol. The fourth-order valence-corrected chi connectivity index (χ4v) is 2.25. The number of esters is 1. The number of anilines is 1. The summed E-state index contributed by atoms with van der Waals surface area (Å²) in [4.78, 5) is 35.3. The molecule has 0 saturated carbocycles. The second-order valence-electron chi connectivity index (χ2n) is 5.56. The number of ether oxygens (including phenoxy) is 1. The molecular formula is C19H15FN2O5. The van der Waals surface area contributed by atoms with E-state index >= 15 is 0 Å². The smallest absolute Gasteiger partial charge is 0.374 e. The van der Waals surface area contributed by atoms with E-state index in [-0.39, 0.29) is 12.3 Å². The van der Waals surface area contributed by atoms with Crippen molar-refractivity contribution in [3.8, 4) is 0 Å². The Morgan fingerprint density at radius 2 is 1.74 bits per heavy atom. The Hall–Kier alpha value is -3.68. The van der Waals surface area contributed by atoms with E-state index in [9.17, 15) is 18.8 Å². The number of nitrogens with one attached hydrogen (secondary N) is 2. The zero-order valence-corrected chi connectivity index (χ0v) is 14.0. The van der Waals surface area contributed by atoms with Crippen LogP contribution in [0.2, 0.25) is 0 Å². The van der Waals surface area contributed by atoms with E-state index in [2.05, 4.69) is 10.6 Å². The van der Waals surface area contributed by atoms with E-state index in [0.717, 1.165) is 5.39 Å². The van der Waals surface area contributed by atoms with Gasteiger partial charge in [0, 0.05) is 11.1 Å². The molecule has 0 aliphatic rings. The van der Waals surface area contributed by atoms with Crippen molar-refractivity contribution in [3.05, 3.63) is 66.2 Å². The van der Waals surface area contributed by atoms with Gasteiger partial charge in [-0.3, -0.25) is 9.59 Å². The van der Waals surface area contributed by atoms with Crippen LogP contribution in [0.3, 0.4) is 0 Å². The number of carbonyl (C=O) groups excluding carboxylic acids is 3. The van der Waals surface area contributed by atoms with Crippen LogP contribution in [0.15, 0.2) is 59.0 Å². The van der Waals surface area contributed by atoms with E-state index < -0.39 is 30.2 Å². The topological polar surface area (TPSA) is 97.6 Å². The predicted octanol–water partition coefficient (Wildman–Crippen LogP) is 2.48. The van der Waals surface area contributed by atoms with Crippen LogP contribution in [0.1, 0.15) is 10.6 Å². The van der Waals surface area contributed by atoms with Crippen molar-refractivity contribution < 1.29 is 27.9 Å². The van der Waals surface area contributed by atoms with Gasteiger partial charge in [0.15, 0.2) is 6.61 Å². The summed E-state index contributed by atoms with van der Waals surface area (Å²) in [6.45, 7) is -0.877. The van der Waals surface area contributed by atoms with E-state index in [0.29, 0.717) is 11.3 Å². The molecule has 8 heteroatoms. The van der Waals surface area contributed by atoms with Crippen molar-refractivity contribution in [2.75, 3.05) is 18.5 Å². The Kier molecular flexibility index (Phi) is 5.46. The molecule has 3 aromatic rings. The van der Waals surface area contributed by atoms with Crippen LogP contribution >= 0.6 is 0 Å². The highest BCUT2D eigenvalue weighted by Gasteiger charge is 2.15. The first-order valence-electron chi connectivity index (χ1n) is 7.99. The van der Waals surface area contributed by atoms with Gasteiger partial charge in [0.1, 0.15) is 11.4 Å². The van der Waals surface area contributed by atoms with Gasteiger partial charge in [-0.2, -0.15) is 0 Å². The third-order valence-electron chi connectivity index (χ3n) is 3.54. The van der Waals surface area contributed by atoms with Gasteiger partial charge < -0.3 is 19.8 Å². The highest BCUT2D eigenvalue weighted by atomic mass is 19.1. The Balaban J connectivity index is 1.43. The molecule has 0 atom stereocenters. The lowest BCUT2D eigenvalue weighted by molar-refractivity contribution is -0.126. The summed E-state index contributed by atoms with van der Waals surface area (Å²) < 4.78 is 23.0. The van der Waals surface area contributed by atoms with Gasteiger partial charge in [-0.1, -0.05) is 18.2 Å². The zero-order chi connectivity index (χ0) is 19.2. The van der Waals surface area contributed by atoms with E-state index in [1.807, 2.05) is 0 Å². The fourth-order valence-electron chi connectivity index (χ4n) is 2.25. The molecule has 0 fully saturated rings. The van der Waals surface area contributed by atoms with Crippen LogP contribution in [0.4, 0.5) is 10.1 Å². The van der Waals surface area contributed by atoms with Gasteiger partial charge in [0.05, 0.1) is 6.54 Å². The minimum absolute atomic E-state index is 0.0157. The van der Waals surface area contributed by atoms with Gasteiger partial charge >= 0.3 is 5.97 Å². The largest absolute Gasteiger partial charge is 0.450 e. The van der Waals surface area contributed by atoms with Crippen LogP contribution in [0, 0.1) is 5.82 Å². The summed E-state index contributed by atoms with van der Waals surface area (Å²) in [6, 6.07) is 13.8. The van der Waals surface area contributed by atoms with E-state index in [4.69, 9.17) is 9.15 Å². The van der Waals surface area contributed by atoms with Gasteiger partial charge in [-0.05, 0) is 36.4 Å². The molecule has 138 valence electrons.